The predicted molar refractivity (Wildman–Crippen MR) is 71.2 cm³/mol. The van der Waals surface area contributed by atoms with Gasteiger partial charge in [-0.25, -0.2) is 4.98 Å². The van der Waals surface area contributed by atoms with Crippen molar-refractivity contribution in [2.45, 2.75) is 6.61 Å². The standard InChI is InChI=1S/C13H13N3O3/c1-14-13-10(3-2-8-15-13)9-19-12-6-4-11(5-7-12)16(17)18/h2-8H,9H2,1H3,(H,14,15). The van der Waals surface area contributed by atoms with E-state index < -0.39 is 4.92 Å². The topological polar surface area (TPSA) is 77.3 Å². The first-order valence-electron chi connectivity index (χ1n) is 5.69. The molecular weight excluding hydrogens is 246 g/mol. The van der Waals surface area contributed by atoms with E-state index in [1.807, 2.05) is 12.1 Å². The summed E-state index contributed by atoms with van der Waals surface area (Å²) in [5.41, 5.74) is 0.966. The van der Waals surface area contributed by atoms with Crippen LogP contribution in [-0.4, -0.2) is 17.0 Å². The number of anilines is 1. The number of nitrogens with one attached hydrogen (secondary N) is 1. The molecule has 0 saturated carbocycles. The predicted octanol–water partition coefficient (Wildman–Crippen LogP) is 2.61. The second kappa shape index (κ2) is 5.81. The van der Waals surface area contributed by atoms with Gasteiger partial charge in [0.05, 0.1) is 4.92 Å². The van der Waals surface area contributed by atoms with E-state index in [1.54, 1.807) is 25.4 Å². The fraction of sp³-hybridized carbons (Fsp3) is 0.154. The molecule has 2 rings (SSSR count). The highest BCUT2D eigenvalue weighted by atomic mass is 16.6. The van der Waals surface area contributed by atoms with Crippen LogP contribution < -0.4 is 10.1 Å². The molecule has 0 aliphatic heterocycles. The van der Waals surface area contributed by atoms with E-state index in [-0.39, 0.29) is 5.69 Å². The van der Waals surface area contributed by atoms with Gasteiger partial charge in [0.2, 0.25) is 0 Å². The van der Waals surface area contributed by atoms with Gasteiger partial charge in [-0.2, -0.15) is 0 Å². The SMILES string of the molecule is CNc1ncccc1COc1ccc([N+](=O)[O-])cc1. The molecule has 98 valence electrons. The number of ether oxygens (including phenoxy) is 1. The summed E-state index contributed by atoms with van der Waals surface area (Å²) >= 11 is 0. The molecule has 0 aliphatic carbocycles. The van der Waals surface area contributed by atoms with Crippen LogP contribution >= 0.6 is 0 Å². The molecule has 0 radical (unpaired) electrons. The summed E-state index contributed by atoms with van der Waals surface area (Å²) < 4.78 is 5.57. The van der Waals surface area contributed by atoms with Crippen molar-refractivity contribution in [3.05, 3.63) is 58.3 Å². The number of nitro benzene ring substituents is 1. The van der Waals surface area contributed by atoms with E-state index >= 15 is 0 Å². The smallest absolute Gasteiger partial charge is 0.269 e. The molecule has 0 bridgehead atoms. The summed E-state index contributed by atoms with van der Waals surface area (Å²) in [5, 5.41) is 13.5. The van der Waals surface area contributed by atoms with Crippen LogP contribution in [0.4, 0.5) is 11.5 Å². The van der Waals surface area contributed by atoms with Crippen LogP contribution in [-0.2, 0) is 6.61 Å². The number of non-ortho nitro benzene ring substituents is 1. The third kappa shape index (κ3) is 3.19. The van der Waals surface area contributed by atoms with E-state index in [4.69, 9.17) is 4.74 Å². The molecule has 1 aromatic heterocycles. The van der Waals surface area contributed by atoms with Gasteiger partial charge in [-0.1, -0.05) is 6.07 Å². The van der Waals surface area contributed by atoms with Gasteiger partial charge in [0.1, 0.15) is 18.2 Å². The summed E-state index contributed by atoms with van der Waals surface area (Å²) in [6.45, 7) is 0.349. The highest BCUT2D eigenvalue weighted by molar-refractivity contribution is 5.43. The molecule has 0 amide bonds. The molecule has 0 spiro atoms. The molecule has 1 aromatic carbocycles. The minimum atomic E-state index is -0.440. The van der Waals surface area contributed by atoms with Crippen molar-refractivity contribution < 1.29 is 9.66 Å². The molecule has 2 aromatic rings. The number of rotatable bonds is 5. The van der Waals surface area contributed by atoms with Gasteiger partial charge in [0.15, 0.2) is 0 Å². The Kier molecular flexibility index (Phi) is 3.92. The van der Waals surface area contributed by atoms with E-state index in [0.717, 1.165) is 11.4 Å². The fourth-order valence-electron chi connectivity index (χ4n) is 1.61. The average molecular weight is 259 g/mol. The first kappa shape index (κ1) is 12.8. The van der Waals surface area contributed by atoms with Gasteiger partial charge in [-0.3, -0.25) is 10.1 Å². The number of hydrogen-bond donors (Lipinski definition) is 1. The molecule has 6 heteroatoms. The van der Waals surface area contributed by atoms with Crippen molar-refractivity contribution >= 4 is 11.5 Å². The number of nitro groups is 1. The van der Waals surface area contributed by atoms with E-state index in [0.29, 0.717) is 12.4 Å². The summed E-state index contributed by atoms with van der Waals surface area (Å²) in [7, 11) is 1.79. The summed E-state index contributed by atoms with van der Waals surface area (Å²) in [5.74, 6) is 1.33. The van der Waals surface area contributed by atoms with E-state index in [9.17, 15) is 10.1 Å². The van der Waals surface area contributed by atoms with Crippen LogP contribution in [0.25, 0.3) is 0 Å². The first-order chi connectivity index (χ1) is 9.20. The maximum absolute atomic E-state index is 10.5. The minimum absolute atomic E-state index is 0.0460. The maximum atomic E-state index is 10.5. The molecule has 0 fully saturated rings. The third-order valence-corrected chi connectivity index (χ3v) is 2.57. The molecule has 0 unspecified atom stereocenters. The Morgan fingerprint density at radius 2 is 2.05 bits per heavy atom. The minimum Gasteiger partial charge on any atom is -0.489 e. The quantitative estimate of drug-likeness (QED) is 0.659. The van der Waals surface area contributed by atoms with Crippen LogP contribution in [0.3, 0.4) is 0 Å². The molecule has 0 saturated heterocycles. The van der Waals surface area contributed by atoms with E-state index in [2.05, 4.69) is 10.3 Å². The van der Waals surface area contributed by atoms with Crippen LogP contribution in [0.5, 0.6) is 5.75 Å². The number of pyridine rings is 1. The lowest BCUT2D eigenvalue weighted by atomic mass is 10.2. The average Bonchev–Trinajstić information content (AvgIpc) is 2.45. The Morgan fingerprint density at radius 3 is 2.68 bits per heavy atom. The molecule has 1 heterocycles. The van der Waals surface area contributed by atoms with Crippen LogP contribution in [0.15, 0.2) is 42.6 Å². The number of benzene rings is 1. The zero-order valence-corrected chi connectivity index (χ0v) is 10.4. The largest absolute Gasteiger partial charge is 0.489 e. The first-order valence-corrected chi connectivity index (χ1v) is 5.69. The normalized spacial score (nSPS) is 9.95. The van der Waals surface area contributed by atoms with Gasteiger partial charge < -0.3 is 10.1 Å². The van der Waals surface area contributed by atoms with Crippen LogP contribution in [0.2, 0.25) is 0 Å². The van der Waals surface area contributed by atoms with Gasteiger partial charge in [-0.05, 0) is 18.2 Å². The van der Waals surface area contributed by atoms with Gasteiger partial charge in [0.25, 0.3) is 5.69 Å². The highest BCUT2D eigenvalue weighted by Gasteiger charge is 2.06. The second-order valence-electron chi connectivity index (χ2n) is 3.80. The molecule has 19 heavy (non-hydrogen) atoms. The Balaban J connectivity index is 2.04. The van der Waals surface area contributed by atoms with Crippen molar-refractivity contribution in [1.82, 2.24) is 4.98 Å². The Morgan fingerprint density at radius 1 is 1.32 bits per heavy atom. The van der Waals surface area contributed by atoms with Crippen LogP contribution in [0, 0.1) is 10.1 Å². The lowest BCUT2D eigenvalue weighted by Crippen LogP contribution is -2.02. The molecule has 6 nitrogen and oxygen atoms in total. The zero-order chi connectivity index (χ0) is 13.7. The highest BCUT2D eigenvalue weighted by Crippen LogP contribution is 2.19. The van der Waals surface area contributed by atoms with Crippen molar-refractivity contribution in [3.8, 4) is 5.75 Å². The van der Waals surface area contributed by atoms with Crippen molar-refractivity contribution in [2.75, 3.05) is 12.4 Å². The Hall–Kier alpha value is -2.63. The summed E-state index contributed by atoms with van der Waals surface area (Å²) in [6, 6.07) is 9.72. The van der Waals surface area contributed by atoms with Gasteiger partial charge in [0, 0.05) is 30.9 Å². The lowest BCUT2D eigenvalue weighted by Gasteiger charge is -2.09. The van der Waals surface area contributed by atoms with Crippen LogP contribution in [0.1, 0.15) is 5.56 Å². The van der Waals surface area contributed by atoms with Crippen molar-refractivity contribution in [1.29, 1.82) is 0 Å². The molecule has 0 atom stereocenters. The number of hydrogen-bond acceptors (Lipinski definition) is 5. The second-order valence-corrected chi connectivity index (χ2v) is 3.80. The molecule has 1 N–H and O–H groups in total. The number of aromatic nitrogens is 1. The maximum Gasteiger partial charge on any atom is 0.269 e. The van der Waals surface area contributed by atoms with Gasteiger partial charge >= 0.3 is 0 Å². The summed E-state index contributed by atoms with van der Waals surface area (Å²) in [6.07, 6.45) is 1.70. The monoisotopic (exact) mass is 259 g/mol. The van der Waals surface area contributed by atoms with Crippen molar-refractivity contribution in [3.63, 3.8) is 0 Å². The molecular formula is C13H13N3O3. The third-order valence-electron chi connectivity index (χ3n) is 2.57. The zero-order valence-electron chi connectivity index (χ0n) is 10.4. The van der Waals surface area contributed by atoms with Gasteiger partial charge in [-0.15, -0.1) is 0 Å². The number of nitrogens with zero attached hydrogens (tertiary/aromatic N) is 2. The summed E-state index contributed by atoms with van der Waals surface area (Å²) in [4.78, 5) is 14.2. The Labute approximate surface area is 110 Å². The Bertz CT molecular complexity index is 570. The van der Waals surface area contributed by atoms with Crippen molar-refractivity contribution in [2.24, 2.45) is 0 Å². The van der Waals surface area contributed by atoms with E-state index in [1.165, 1.54) is 12.1 Å². The lowest BCUT2D eigenvalue weighted by molar-refractivity contribution is -0.384. The fourth-order valence-corrected chi connectivity index (χ4v) is 1.61. The molecule has 0 aliphatic rings.